The Balaban J connectivity index is 2.01. The molecule has 0 fully saturated rings. The fourth-order valence-corrected chi connectivity index (χ4v) is 3.01. The maximum Gasteiger partial charge on any atom is 0.0496 e. The Bertz CT molecular complexity index is 920. The van der Waals surface area contributed by atoms with Crippen molar-refractivity contribution in [2.75, 3.05) is 5.73 Å². The summed E-state index contributed by atoms with van der Waals surface area (Å²) in [5.41, 5.74) is 10.6. The normalized spacial score (nSPS) is 11.2. The number of benzene rings is 3. The first kappa shape index (κ1) is 12.0. The monoisotopic (exact) mass is 272 g/mol. The summed E-state index contributed by atoms with van der Waals surface area (Å²) in [6.45, 7) is 0.870. The van der Waals surface area contributed by atoms with Crippen molar-refractivity contribution < 1.29 is 0 Å². The van der Waals surface area contributed by atoms with Crippen LogP contribution in [0.3, 0.4) is 0 Å². The molecular formula is C19H16N2. The first-order valence-corrected chi connectivity index (χ1v) is 7.13. The van der Waals surface area contributed by atoms with Crippen LogP contribution in [0, 0.1) is 0 Å². The largest absolute Gasteiger partial charge is 0.399 e. The lowest BCUT2D eigenvalue weighted by Gasteiger charge is -2.07. The van der Waals surface area contributed by atoms with Crippen molar-refractivity contribution in [1.29, 1.82) is 0 Å². The Morgan fingerprint density at radius 1 is 0.714 bits per heavy atom. The van der Waals surface area contributed by atoms with Gasteiger partial charge in [0.2, 0.25) is 0 Å². The van der Waals surface area contributed by atoms with Crippen molar-refractivity contribution in [2.24, 2.45) is 0 Å². The van der Waals surface area contributed by atoms with E-state index in [-0.39, 0.29) is 0 Å². The molecule has 102 valence electrons. The van der Waals surface area contributed by atoms with E-state index in [1.165, 1.54) is 27.4 Å². The number of anilines is 1. The van der Waals surface area contributed by atoms with Gasteiger partial charge in [-0.3, -0.25) is 0 Å². The van der Waals surface area contributed by atoms with E-state index in [2.05, 4.69) is 71.3 Å². The Morgan fingerprint density at radius 2 is 1.43 bits per heavy atom. The van der Waals surface area contributed by atoms with Gasteiger partial charge in [-0.05, 0) is 29.8 Å². The molecule has 0 aliphatic carbocycles. The number of hydrogen-bond acceptors (Lipinski definition) is 1. The third-order valence-electron chi connectivity index (χ3n) is 3.98. The van der Waals surface area contributed by atoms with Crippen LogP contribution in [-0.4, -0.2) is 4.57 Å². The zero-order chi connectivity index (χ0) is 14.2. The number of nitrogens with two attached hydrogens (primary N) is 1. The summed E-state index contributed by atoms with van der Waals surface area (Å²) in [7, 11) is 0. The standard InChI is InChI=1S/C19H16N2/c20-15-10-11-19-17(12-15)16-8-4-5-9-18(16)21(19)13-14-6-2-1-3-7-14/h1-12H,13,20H2. The molecule has 1 heterocycles. The number of nitrogen functional groups attached to an aromatic ring is 1. The van der Waals surface area contributed by atoms with E-state index in [1.54, 1.807) is 0 Å². The predicted octanol–water partition coefficient (Wildman–Crippen LogP) is 4.43. The Kier molecular flexibility index (Phi) is 2.68. The lowest BCUT2D eigenvalue weighted by molar-refractivity contribution is 0.869. The van der Waals surface area contributed by atoms with E-state index in [1.807, 2.05) is 6.07 Å². The van der Waals surface area contributed by atoms with Crippen LogP contribution in [-0.2, 0) is 6.54 Å². The molecule has 0 bridgehead atoms. The van der Waals surface area contributed by atoms with E-state index in [9.17, 15) is 0 Å². The van der Waals surface area contributed by atoms with Crippen LogP contribution in [0.2, 0.25) is 0 Å². The van der Waals surface area contributed by atoms with Crippen LogP contribution < -0.4 is 5.73 Å². The van der Waals surface area contributed by atoms with Crippen LogP contribution in [0.4, 0.5) is 5.69 Å². The highest BCUT2D eigenvalue weighted by atomic mass is 15.0. The average Bonchev–Trinajstić information content (AvgIpc) is 2.82. The molecule has 4 rings (SSSR count). The minimum absolute atomic E-state index is 0.810. The van der Waals surface area contributed by atoms with Gasteiger partial charge in [-0.2, -0.15) is 0 Å². The van der Waals surface area contributed by atoms with E-state index in [4.69, 9.17) is 5.73 Å². The third-order valence-corrected chi connectivity index (χ3v) is 3.98. The highest BCUT2D eigenvalue weighted by Crippen LogP contribution is 2.30. The second kappa shape index (κ2) is 4.67. The average molecular weight is 272 g/mol. The molecule has 0 amide bonds. The Morgan fingerprint density at radius 3 is 2.29 bits per heavy atom. The second-order valence-electron chi connectivity index (χ2n) is 5.37. The molecule has 0 unspecified atom stereocenters. The summed E-state index contributed by atoms with van der Waals surface area (Å²) < 4.78 is 2.36. The zero-order valence-electron chi connectivity index (χ0n) is 11.7. The van der Waals surface area contributed by atoms with Gasteiger partial charge in [0.1, 0.15) is 0 Å². The molecule has 0 spiro atoms. The molecule has 0 atom stereocenters. The van der Waals surface area contributed by atoms with E-state index in [0.717, 1.165) is 12.2 Å². The SMILES string of the molecule is Nc1ccc2c(c1)c1ccccc1n2Cc1ccccc1. The summed E-state index contributed by atoms with van der Waals surface area (Å²) in [5, 5.41) is 2.48. The topological polar surface area (TPSA) is 30.9 Å². The molecule has 0 aliphatic heterocycles. The van der Waals surface area contributed by atoms with Crippen LogP contribution in [0.15, 0.2) is 72.8 Å². The van der Waals surface area contributed by atoms with Crippen LogP contribution in [0.5, 0.6) is 0 Å². The smallest absolute Gasteiger partial charge is 0.0496 e. The van der Waals surface area contributed by atoms with Crippen molar-refractivity contribution >= 4 is 27.5 Å². The van der Waals surface area contributed by atoms with Gasteiger partial charge in [0.05, 0.1) is 0 Å². The first-order valence-electron chi connectivity index (χ1n) is 7.13. The molecule has 2 N–H and O–H groups in total. The zero-order valence-corrected chi connectivity index (χ0v) is 11.7. The molecule has 3 aromatic carbocycles. The van der Waals surface area contributed by atoms with Gasteiger partial charge in [-0.15, -0.1) is 0 Å². The molecule has 0 aliphatic rings. The molecule has 4 aromatic rings. The molecule has 21 heavy (non-hydrogen) atoms. The van der Waals surface area contributed by atoms with Crippen LogP contribution in [0.25, 0.3) is 21.8 Å². The van der Waals surface area contributed by atoms with Gasteiger partial charge in [0, 0.05) is 34.0 Å². The molecule has 2 heteroatoms. The van der Waals surface area contributed by atoms with E-state index in [0.29, 0.717) is 0 Å². The third kappa shape index (κ3) is 1.96. The number of nitrogens with zero attached hydrogens (tertiary/aromatic N) is 1. The minimum Gasteiger partial charge on any atom is -0.399 e. The number of rotatable bonds is 2. The molecule has 0 saturated heterocycles. The summed E-state index contributed by atoms with van der Waals surface area (Å²) in [6, 6.07) is 25.2. The fraction of sp³-hybridized carbons (Fsp3) is 0.0526. The number of aromatic nitrogens is 1. The fourth-order valence-electron chi connectivity index (χ4n) is 3.01. The number of fused-ring (bicyclic) bond motifs is 3. The maximum absolute atomic E-state index is 5.97. The van der Waals surface area contributed by atoms with Gasteiger partial charge in [-0.25, -0.2) is 0 Å². The van der Waals surface area contributed by atoms with Gasteiger partial charge in [0.25, 0.3) is 0 Å². The summed E-state index contributed by atoms with van der Waals surface area (Å²) >= 11 is 0. The van der Waals surface area contributed by atoms with Gasteiger partial charge in [0.15, 0.2) is 0 Å². The summed E-state index contributed by atoms with van der Waals surface area (Å²) in [4.78, 5) is 0. The van der Waals surface area contributed by atoms with Gasteiger partial charge < -0.3 is 10.3 Å². The lowest BCUT2D eigenvalue weighted by atomic mass is 10.1. The Labute approximate surface area is 123 Å². The summed E-state index contributed by atoms with van der Waals surface area (Å²) in [5.74, 6) is 0. The molecule has 1 aromatic heterocycles. The van der Waals surface area contributed by atoms with Crippen molar-refractivity contribution in [3.63, 3.8) is 0 Å². The molecule has 2 nitrogen and oxygen atoms in total. The lowest BCUT2D eigenvalue weighted by Crippen LogP contribution is -1.99. The quantitative estimate of drug-likeness (QED) is 0.538. The maximum atomic E-state index is 5.97. The number of hydrogen-bond donors (Lipinski definition) is 1. The van der Waals surface area contributed by atoms with E-state index >= 15 is 0 Å². The first-order chi connectivity index (χ1) is 10.3. The molecule has 0 radical (unpaired) electrons. The highest BCUT2D eigenvalue weighted by Gasteiger charge is 2.10. The predicted molar refractivity (Wildman–Crippen MR) is 89.4 cm³/mol. The second-order valence-corrected chi connectivity index (χ2v) is 5.37. The molecule has 0 saturated carbocycles. The van der Waals surface area contributed by atoms with Crippen LogP contribution >= 0.6 is 0 Å². The van der Waals surface area contributed by atoms with Crippen LogP contribution in [0.1, 0.15) is 5.56 Å². The van der Waals surface area contributed by atoms with Crippen molar-refractivity contribution in [3.05, 3.63) is 78.4 Å². The minimum atomic E-state index is 0.810. The van der Waals surface area contributed by atoms with Gasteiger partial charge in [-0.1, -0.05) is 48.5 Å². The number of para-hydroxylation sites is 1. The summed E-state index contributed by atoms with van der Waals surface area (Å²) in [6.07, 6.45) is 0. The highest BCUT2D eigenvalue weighted by molar-refractivity contribution is 6.09. The van der Waals surface area contributed by atoms with Gasteiger partial charge >= 0.3 is 0 Å². The van der Waals surface area contributed by atoms with Crippen molar-refractivity contribution in [3.8, 4) is 0 Å². The van der Waals surface area contributed by atoms with E-state index < -0.39 is 0 Å². The van der Waals surface area contributed by atoms with Crippen molar-refractivity contribution in [2.45, 2.75) is 6.54 Å². The molecular weight excluding hydrogens is 256 g/mol. The Hall–Kier alpha value is -2.74. The van der Waals surface area contributed by atoms with Crippen molar-refractivity contribution in [1.82, 2.24) is 4.57 Å².